The topological polar surface area (TPSA) is 102 Å². The van der Waals surface area contributed by atoms with E-state index in [0.29, 0.717) is 17.5 Å². The van der Waals surface area contributed by atoms with E-state index in [1.54, 1.807) is 0 Å². The van der Waals surface area contributed by atoms with E-state index in [9.17, 15) is 13.2 Å². The number of thioether (sulfide) groups is 1. The minimum absolute atomic E-state index is 0.0153. The van der Waals surface area contributed by atoms with Crippen LogP contribution in [0, 0.1) is 6.92 Å². The molecule has 1 aromatic heterocycles. The van der Waals surface area contributed by atoms with Gasteiger partial charge in [0, 0.05) is 11.6 Å². The van der Waals surface area contributed by atoms with E-state index in [1.165, 1.54) is 0 Å². The van der Waals surface area contributed by atoms with Gasteiger partial charge in [0.25, 0.3) is 5.22 Å². The van der Waals surface area contributed by atoms with Gasteiger partial charge in [0.15, 0.2) is 9.84 Å². The molecule has 3 rings (SSSR count). The summed E-state index contributed by atoms with van der Waals surface area (Å²) in [5, 5.41) is 10.9. The number of nitrogens with zero attached hydrogens (tertiary/aromatic N) is 2. The molecule has 2 aromatic rings. The van der Waals surface area contributed by atoms with Gasteiger partial charge in [-0.1, -0.05) is 29.5 Å². The third kappa shape index (κ3) is 4.35. The third-order valence-corrected chi connectivity index (χ3v) is 6.18. The molecular weight excluding hydrogens is 350 g/mol. The van der Waals surface area contributed by atoms with Crippen molar-refractivity contribution >= 4 is 27.5 Å². The average molecular weight is 367 g/mol. The van der Waals surface area contributed by atoms with E-state index in [-0.39, 0.29) is 29.2 Å². The van der Waals surface area contributed by atoms with Crippen LogP contribution in [0.3, 0.4) is 0 Å². The summed E-state index contributed by atoms with van der Waals surface area (Å²) in [5.41, 5.74) is 1.92. The smallest absolute Gasteiger partial charge is 0.277 e. The lowest BCUT2D eigenvalue weighted by Crippen LogP contribution is -2.36. The SMILES string of the molecule is Cc1cccc(-c2nnc(SCC(=O)N[C@H]3CCS(=O)(=O)C3)o2)c1. The highest BCUT2D eigenvalue weighted by molar-refractivity contribution is 7.99. The quantitative estimate of drug-likeness (QED) is 0.798. The Balaban J connectivity index is 1.53. The van der Waals surface area contributed by atoms with Gasteiger partial charge < -0.3 is 9.73 Å². The Morgan fingerprint density at radius 2 is 2.25 bits per heavy atom. The van der Waals surface area contributed by atoms with Gasteiger partial charge in [-0.2, -0.15) is 0 Å². The predicted molar refractivity (Wildman–Crippen MR) is 90.4 cm³/mol. The van der Waals surface area contributed by atoms with Gasteiger partial charge in [-0.05, 0) is 25.5 Å². The Morgan fingerprint density at radius 1 is 1.42 bits per heavy atom. The fraction of sp³-hybridized carbons (Fsp3) is 0.400. The fourth-order valence-electron chi connectivity index (χ4n) is 2.47. The van der Waals surface area contributed by atoms with E-state index in [1.807, 2.05) is 31.2 Å². The van der Waals surface area contributed by atoms with E-state index in [0.717, 1.165) is 22.9 Å². The molecule has 2 heterocycles. The number of carbonyl (C=O) groups is 1. The first-order chi connectivity index (χ1) is 11.4. The molecule has 1 fully saturated rings. The molecule has 1 aliphatic rings. The average Bonchev–Trinajstić information content (AvgIpc) is 3.12. The maximum Gasteiger partial charge on any atom is 0.277 e. The molecule has 1 amide bonds. The molecule has 0 bridgehead atoms. The summed E-state index contributed by atoms with van der Waals surface area (Å²) in [6.45, 7) is 1.98. The molecule has 0 unspecified atom stereocenters. The van der Waals surface area contributed by atoms with Gasteiger partial charge >= 0.3 is 0 Å². The Labute approximate surface area is 144 Å². The largest absolute Gasteiger partial charge is 0.411 e. The number of aryl methyl sites for hydroxylation is 1. The summed E-state index contributed by atoms with van der Waals surface area (Å²) in [6, 6.07) is 7.40. The lowest BCUT2D eigenvalue weighted by atomic mass is 10.1. The van der Waals surface area contributed by atoms with Gasteiger partial charge in [-0.15, -0.1) is 10.2 Å². The molecule has 0 aliphatic carbocycles. The van der Waals surface area contributed by atoms with E-state index in [4.69, 9.17) is 4.42 Å². The molecule has 0 spiro atoms. The van der Waals surface area contributed by atoms with Crippen molar-refractivity contribution in [2.24, 2.45) is 0 Å². The van der Waals surface area contributed by atoms with Gasteiger partial charge in [0.05, 0.1) is 17.3 Å². The van der Waals surface area contributed by atoms with Gasteiger partial charge in [-0.25, -0.2) is 8.42 Å². The molecule has 24 heavy (non-hydrogen) atoms. The molecule has 0 radical (unpaired) electrons. The molecule has 7 nitrogen and oxygen atoms in total. The van der Waals surface area contributed by atoms with Gasteiger partial charge in [0.1, 0.15) is 0 Å². The van der Waals surface area contributed by atoms with Crippen molar-refractivity contribution in [1.82, 2.24) is 15.5 Å². The van der Waals surface area contributed by atoms with Crippen LogP contribution >= 0.6 is 11.8 Å². The van der Waals surface area contributed by atoms with Crippen LogP contribution in [-0.2, 0) is 14.6 Å². The van der Waals surface area contributed by atoms with Crippen molar-refractivity contribution in [3.63, 3.8) is 0 Å². The minimum atomic E-state index is -3.00. The summed E-state index contributed by atoms with van der Waals surface area (Å²) >= 11 is 1.13. The van der Waals surface area contributed by atoms with Crippen LogP contribution in [0.25, 0.3) is 11.5 Å². The lowest BCUT2D eigenvalue weighted by Gasteiger charge is -2.09. The van der Waals surface area contributed by atoms with Crippen molar-refractivity contribution in [2.75, 3.05) is 17.3 Å². The number of rotatable bonds is 5. The summed E-state index contributed by atoms with van der Waals surface area (Å²) < 4.78 is 28.3. The Kier molecular flexibility index (Phi) is 4.91. The summed E-state index contributed by atoms with van der Waals surface area (Å²) in [7, 11) is -3.00. The Hall–Kier alpha value is -1.87. The highest BCUT2D eigenvalue weighted by Gasteiger charge is 2.28. The number of hydrogen-bond donors (Lipinski definition) is 1. The number of nitrogens with one attached hydrogen (secondary N) is 1. The first kappa shape index (κ1) is 17.0. The van der Waals surface area contributed by atoms with Gasteiger partial charge in [0.2, 0.25) is 11.8 Å². The molecule has 1 aliphatic heterocycles. The first-order valence-corrected chi connectivity index (χ1v) is 10.3. The normalized spacial score (nSPS) is 19.3. The van der Waals surface area contributed by atoms with Crippen LogP contribution in [0.15, 0.2) is 33.9 Å². The standard InChI is InChI=1S/C15H17N3O4S2/c1-10-3-2-4-11(7-10)14-17-18-15(22-14)23-8-13(19)16-12-5-6-24(20,21)9-12/h2-4,7,12H,5-6,8-9H2,1H3,(H,16,19)/t12-/m0/s1. The van der Waals surface area contributed by atoms with E-state index < -0.39 is 9.84 Å². The highest BCUT2D eigenvalue weighted by Crippen LogP contribution is 2.23. The van der Waals surface area contributed by atoms with Crippen molar-refractivity contribution in [3.05, 3.63) is 29.8 Å². The second-order valence-electron chi connectivity index (χ2n) is 5.70. The van der Waals surface area contributed by atoms with E-state index in [2.05, 4.69) is 15.5 Å². The molecule has 128 valence electrons. The van der Waals surface area contributed by atoms with Crippen LogP contribution in [-0.4, -0.2) is 47.8 Å². The highest BCUT2D eigenvalue weighted by atomic mass is 32.2. The van der Waals surface area contributed by atoms with Crippen LogP contribution in [0.5, 0.6) is 0 Å². The second-order valence-corrected chi connectivity index (χ2v) is 8.85. The lowest BCUT2D eigenvalue weighted by molar-refractivity contribution is -0.119. The summed E-state index contributed by atoms with van der Waals surface area (Å²) in [5.74, 6) is 0.420. The molecular formula is C15H17N3O4S2. The summed E-state index contributed by atoms with van der Waals surface area (Å²) in [6.07, 6.45) is 0.469. The van der Waals surface area contributed by atoms with Crippen molar-refractivity contribution in [3.8, 4) is 11.5 Å². The molecule has 1 N–H and O–H groups in total. The van der Waals surface area contributed by atoms with Gasteiger partial charge in [-0.3, -0.25) is 4.79 Å². The maximum atomic E-state index is 11.9. The van der Waals surface area contributed by atoms with Crippen LogP contribution in [0.4, 0.5) is 0 Å². The number of hydrogen-bond acceptors (Lipinski definition) is 7. The predicted octanol–water partition coefficient (Wildman–Crippen LogP) is 1.44. The second kappa shape index (κ2) is 6.94. The molecule has 1 aromatic carbocycles. The third-order valence-electron chi connectivity index (χ3n) is 3.60. The number of aromatic nitrogens is 2. The number of benzene rings is 1. The zero-order chi connectivity index (χ0) is 17.2. The fourth-order valence-corrected chi connectivity index (χ4v) is 4.72. The molecule has 0 saturated carbocycles. The van der Waals surface area contributed by atoms with Crippen LogP contribution in [0.1, 0.15) is 12.0 Å². The molecule has 1 saturated heterocycles. The monoisotopic (exact) mass is 367 g/mol. The van der Waals surface area contributed by atoms with Crippen LogP contribution < -0.4 is 5.32 Å². The molecule has 1 atom stereocenters. The number of amides is 1. The maximum absolute atomic E-state index is 11.9. The Bertz CT molecular complexity index is 848. The Morgan fingerprint density at radius 3 is 2.96 bits per heavy atom. The van der Waals surface area contributed by atoms with Crippen molar-refractivity contribution in [1.29, 1.82) is 0 Å². The van der Waals surface area contributed by atoms with Crippen LogP contribution in [0.2, 0.25) is 0 Å². The van der Waals surface area contributed by atoms with Crippen molar-refractivity contribution in [2.45, 2.75) is 24.6 Å². The number of carbonyl (C=O) groups excluding carboxylic acids is 1. The summed E-state index contributed by atoms with van der Waals surface area (Å²) in [4.78, 5) is 11.9. The first-order valence-electron chi connectivity index (χ1n) is 7.44. The molecule has 9 heteroatoms. The zero-order valence-corrected chi connectivity index (χ0v) is 14.7. The minimum Gasteiger partial charge on any atom is -0.411 e. The number of sulfone groups is 1. The van der Waals surface area contributed by atoms with E-state index >= 15 is 0 Å². The van der Waals surface area contributed by atoms with Crippen molar-refractivity contribution < 1.29 is 17.6 Å². The zero-order valence-electron chi connectivity index (χ0n) is 13.1.